The van der Waals surface area contributed by atoms with Crippen molar-refractivity contribution in [1.82, 2.24) is 9.88 Å². The van der Waals surface area contributed by atoms with Gasteiger partial charge in [-0.15, -0.1) is 11.8 Å². The van der Waals surface area contributed by atoms with E-state index in [0.717, 1.165) is 60.3 Å². The molecule has 0 unspecified atom stereocenters. The molecule has 3 aromatic rings. The molecule has 2 aliphatic rings. The molecule has 2 aliphatic carbocycles. The number of aliphatic hydroxyl groups excluding tert-OH is 5. The second-order valence-electron chi connectivity index (χ2n) is 12.4. The van der Waals surface area contributed by atoms with Gasteiger partial charge in [0.1, 0.15) is 30.2 Å². The molecule has 4 atom stereocenters. The van der Waals surface area contributed by atoms with Crippen molar-refractivity contribution in [2.75, 3.05) is 25.4 Å². The van der Waals surface area contributed by atoms with Crippen molar-refractivity contribution in [2.45, 2.75) is 86.3 Å². The van der Waals surface area contributed by atoms with Crippen molar-refractivity contribution in [2.24, 2.45) is 0 Å². The number of hydrogen-bond acceptors (Lipinski definition) is 9. The topological polar surface area (TPSA) is 144 Å². The number of benzene rings is 2. The molecule has 1 aromatic heterocycles. The van der Waals surface area contributed by atoms with E-state index in [1.165, 1.54) is 23.0 Å². The first kappa shape index (κ1) is 34.6. The van der Waals surface area contributed by atoms with Gasteiger partial charge in [0.05, 0.1) is 12.7 Å². The lowest BCUT2D eigenvalue weighted by Crippen LogP contribution is -2.50. The van der Waals surface area contributed by atoms with Gasteiger partial charge in [-0.05, 0) is 91.0 Å². The van der Waals surface area contributed by atoms with Crippen LogP contribution < -0.4 is 4.74 Å². The van der Waals surface area contributed by atoms with Crippen molar-refractivity contribution < 1.29 is 35.1 Å². The van der Waals surface area contributed by atoms with E-state index in [4.69, 9.17) is 21.4 Å². The Labute approximate surface area is 279 Å². The molecule has 2 fully saturated rings. The van der Waals surface area contributed by atoms with Crippen LogP contribution in [0.15, 0.2) is 65.8 Å². The number of hydrogen-bond donors (Lipinski definition) is 5. The number of pyridine rings is 1. The lowest BCUT2D eigenvalue weighted by molar-refractivity contribution is -0.137. The molecule has 1 heterocycles. The fourth-order valence-electron chi connectivity index (χ4n) is 5.77. The molecule has 11 heteroatoms. The molecule has 5 rings (SSSR count). The van der Waals surface area contributed by atoms with Gasteiger partial charge in [-0.25, -0.2) is 0 Å². The molecule has 0 bridgehead atoms. The SMILES string of the molecule is CC(=O)N(CCSc1ccc(Cl)c(CCC2(c3cnccc3-c3ccccc3OC3CC3)CC2)c1)C[C@H](O)[C@@H](O)[C@H](O)[C@H](O)CO. The van der Waals surface area contributed by atoms with Crippen molar-refractivity contribution in [1.29, 1.82) is 0 Å². The summed E-state index contributed by atoms with van der Waals surface area (Å²) in [4.78, 5) is 19.1. The monoisotopic (exact) mass is 670 g/mol. The van der Waals surface area contributed by atoms with Crippen molar-refractivity contribution in [3.8, 4) is 16.9 Å². The minimum absolute atomic E-state index is 0.0248. The minimum atomic E-state index is -1.74. The number of aliphatic hydroxyl groups is 5. The first-order chi connectivity index (χ1) is 22.1. The third-order valence-corrected chi connectivity index (χ3v) is 10.3. The summed E-state index contributed by atoms with van der Waals surface area (Å²) in [7, 11) is 0. The summed E-state index contributed by atoms with van der Waals surface area (Å²) in [6, 6.07) is 16.3. The third kappa shape index (κ3) is 8.60. The number of nitrogens with zero attached hydrogens (tertiary/aromatic N) is 2. The quantitative estimate of drug-likeness (QED) is 0.135. The van der Waals surface area contributed by atoms with Crippen LogP contribution in [0, 0.1) is 0 Å². The van der Waals surface area contributed by atoms with E-state index >= 15 is 0 Å². The largest absolute Gasteiger partial charge is 0.490 e. The smallest absolute Gasteiger partial charge is 0.219 e. The Morgan fingerprint density at radius 3 is 2.50 bits per heavy atom. The summed E-state index contributed by atoms with van der Waals surface area (Å²) in [6.07, 6.45) is 3.70. The number of para-hydroxylation sites is 1. The zero-order chi connectivity index (χ0) is 32.8. The predicted molar refractivity (Wildman–Crippen MR) is 178 cm³/mol. The Kier molecular flexibility index (Phi) is 11.6. The molecule has 9 nitrogen and oxygen atoms in total. The molecular formula is C35H43ClN2O7S. The van der Waals surface area contributed by atoms with Crippen LogP contribution >= 0.6 is 23.4 Å². The molecule has 248 valence electrons. The highest BCUT2D eigenvalue weighted by Crippen LogP contribution is 2.55. The normalized spacial score (nSPS) is 18.0. The van der Waals surface area contributed by atoms with Crippen LogP contribution in [0.3, 0.4) is 0 Å². The van der Waals surface area contributed by atoms with Gasteiger partial charge in [-0.1, -0.05) is 29.8 Å². The number of halogens is 1. The number of carbonyl (C=O) groups is 1. The second kappa shape index (κ2) is 15.5. The van der Waals surface area contributed by atoms with Crippen LogP contribution in [0.4, 0.5) is 0 Å². The van der Waals surface area contributed by atoms with Crippen molar-refractivity contribution in [3.63, 3.8) is 0 Å². The number of amides is 1. The van der Waals surface area contributed by atoms with E-state index in [0.29, 0.717) is 23.4 Å². The number of aromatic nitrogens is 1. The summed E-state index contributed by atoms with van der Waals surface area (Å²) in [5, 5.41) is 49.7. The van der Waals surface area contributed by atoms with Crippen LogP contribution in [0.1, 0.15) is 50.2 Å². The van der Waals surface area contributed by atoms with E-state index in [-0.39, 0.29) is 17.9 Å². The number of carbonyl (C=O) groups excluding carboxylic acids is 1. The van der Waals surface area contributed by atoms with Gasteiger partial charge in [0.15, 0.2) is 0 Å². The first-order valence-corrected chi connectivity index (χ1v) is 17.2. The Bertz CT molecular complexity index is 1480. The van der Waals surface area contributed by atoms with Gasteiger partial charge in [-0.3, -0.25) is 9.78 Å². The zero-order valence-corrected chi connectivity index (χ0v) is 27.5. The van der Waals surface area contributed by atoms with E-state index in [2.05, 4.69) is 35.3 Å². The van der Waals surface area contributed by atoms with Crippen LogP contribution in [-0.2, 0) is 16.6 Å². The molecule has 0 saturated heterocycles. The number of aryl methyl sites for hydroxylation is 1. The summed E-state index contributed by atoms with van der Waals surface area (Å²) in [6.45, 7) is 0.660. The average Bonchev–Trinajstić information content (AvgIpc) is 4.01. The van der Waals surface area contributed by atoms with Crippen LogP contribution in [0.25, 0.3) is 11.1 Å². The molecule has 0 radical (unpaired) electrons. The minimum Gasteiger partial charge on any atom is -0.490 e. The maximum atomic E-state index is 12.2. The highest BCUT2D eigenvalue weighted by Gasteiger charge is 2.45. The maximum absolute atomic E-state index is 12.2. The Morgan fingerprint density at radius 2 is 1.80 bits per heavy atom. The van der Waals surface area contributed by atoms with Crippen molar-refractivity contribution >= 4 is 29.3 Å². The summed E-state index contributed by atoms with van der Waals surface area (Å²) in [5.41, 5.74) is 4.61. The van der Waals surface area contributed by atoms with Gasteiger partial charge >= 0.3 is 0 Å². The molecule has 5 N–H and O–H groups in total. The highest BCUT2D eigenvalue weighted by atomic mass is 35.5. The van der Waals surface area contributed by atoms with E-state index in [1.54, 1.807) is 11.8 Å². The summed E-state index contributed by atoms with van der Waals surface area (Å²) >= 11 is 8.22. The number of thioether (sulfide) groups is 1. The van der Waals surface area contributed by atoms with Crippen molar-refractivity contribution in [3.05, 3.63) is 77.1 Å². The predicted octanol–water partition coefficient (Wildman–Crippen LogP) is 3.98. The second-order valence-corrected chi connectivity index (χ2v) is 14.0. The zero-order valence-electron chi connectivity index (χ0n) is 26.0. The lowest BCUT2D eigenvalue weighted by atomic mass is 9.85. The summed E-state index contributed by atoms with van der Waals surface area (Å²) in [5.74, 6) is 1.15. The Morgan fingerprint density at radius 1 is 1.07 bits per heavy atom. The van der Waals surface area contributed by atoms with E-state index in [1.807, 2.05) is 30.6 Å². The van der Waals surface area contributed by atoms with Crippen LogP contribution in [0.2, 0.25) is 5.02 Å². The molecule has 0 spiro atoms. The fourth-order valence-corrected chi connectivity index (χ4v) is 6.92. The maximum Gasteiger partial charge on any atom is 0.219 e. The number of rotatable bonds is 17. The molecule has 0 aliphatic heterocycles. The standard InChI is InChI=1S/C35H43ClN2O7S/c1-22(40)38(20-30(41)33(43)34(44)31(42)21-39)16-17-46-25-8-9-29(36)23(18-25)10-12-35(13-14-35)28-19-37-15-11-26(28)27-4-2-3-5-32(27)45-24-6-7-24/h2-5,8-9,11,15,18-19,24,30-31,33-34,39,41-44H,6-7,10,12-14,16-17,20-21H2,1H3/t30-,31+,33+,34+/m0/s1. The Balaban J connectivity index is 1.21. The fraction of sp³-hybridized carbons (Fsp3) is 0.486. The molecule has 2 aromatic carbocycles. The lowest BCUT2D eigenvalue weighted by Gasteiger charge is -2.30. The molecule has 1 amide bonds. The van der Waals surface area contributed by atoms with Crippen LogP contribution in [0.5, 0.6) is 5.75 Å². The van der Waals surface area contributed by atoms with Gasteiger partial charge in [0, 0.05) is 53.6 Å². The number of ether oxygens (including phenoxy) is 1. The molecular weight excluding hydrogens is 628 g/mol. The first-order valence-electron chi connectivity index (χ1n) is 15.8. The van der Waals surface area contributed by atoms with E-state index in [9.17, 15) is 25.2 Å². The Hall–Kier alpha value is -2.70. The van der Waals surface area contributed by atoms with E-state index < -0.39 is 31.0 Å². The van der Waals surface area contributed by atoms with Gasteiger partial charge in [0.2, 0.25) is 5.91 Å². The van der Waals surface area contributed by atoms with Gasteiger partial charge in [-0.2, -0.15) is 0 Å². The molecule has 2 saturated carbocycles. The average molecular weight is 671 g/mol. The highest BCUT2D eigenvalue weighted by molar-refractivity contribution is 7.99. The van der Waals surface area contributed by atoms with Gasteiger partial charge in [0.25, 0.3) is 0 Å². The molecule has 46 heavy (non-hydrogen) atoms. The third-order valence-electron chi connectivity index (χ3n) is 8.94. The van der Waals surface area contributed by atoms with Gasteiger partial charge < -0.3 is 35.2 Å². The summed E-state index contributed by atoms with van der Waals surface area (Å²) < 4.78 is 6.26. The van der Waals surface area contributed by atoms with Crippen LogP contribution in [-0.4, -0.2) is 97.3 Å².